The maximum absolute atomic E-state index is 13.0. The maximum Gasteiger partial charge on any atom is 0.416 e. The highest BCUT2D eigenvalue weighted by molar-refractivity contribution is 5.95. The molecule has 19 heavy (non-hydrogen) atoms. The Bertz CT molecular complexity index is 501. The van der Waals surface area contributed by atoms with Gasteiger partial charge in [0.15, 0.2) is 0 Å². The molecule has 1 atom stereocenters. The molecule has 1 aliphatic heterocycles. The average Bonchev–Trinajstić information content (AvgIpc) is 2.73. The highest BCUT2D eigenvalue weighted by Gasteiger charge is 2.31. The average molecular weight is 270 g/mol. The van der Waals surface area contributed by atoms with Gasteiger partial charge in [-0.05, 0) is 24.1 Å². The fourth-order valence-electron chi connectivity index (χ4n) is 1.86. The van der Waals surface area contributed by atoms with Gasteiger partial charge in [0.05, 0.1) is 12.6 Å². The fourth-order valence-corrected chi connectivity index (χ4v) is 1.86. The first kappa shape index (κ1) is 13.4. The molecule has 1 aromatic rings. The highest BCUT2D eigenvalue weighted by Crippen LogP contribution is 2.12. The van der Waals surface area contributed by atoms with E-state index in [9.17, 15) is 18.4 Å². The number of carbonyl (C=O) groups excluding carboxylic acids is 2. The molecule has 0 bridgehead atoms. The molecule has 0 spiro atoms. The molecule has 102 valence electrons. The van der Waals surface area contributed by atoms with E-state index < -0.39 is 29.7 Å². The number of ether oxygens (including phenoxy) is 1. The van der Waals surface area contributed by atoms with Crippen LogP contribution in [0.15, 0.2) is 18.2 Å². The van der Waals surface area contributed by atoms with Crippen LogP contribution in [-0.2, 0) is 16.0 Å². The second kappa shape index (κ2) is 5.31. The molecule has 2 amide bonds. The van der Waals surface area contributed by atoms with Crippen LogP contribution in [0.1, 0.15) is 5.56 Å². The van der Waals surface area contributed by atoms with E-state index in [1.807, 2.05) is 0 Å². The second-order valence-corrected chi connectivity index (χ2v) is 4.19. The van der Waals surface area contributed by atoms with Crippen LogP contribution in [0.5, 0.6) is 0 Å². The minimum atomic E-state index is -1.05. The molecule has 0 radical (unpaired) electrons. The van der Waals surface area contributed by atoms with Crippen LogP contribution in [0, 0.1) is 11.6 Å². The van der Waals surface area contributed by atoms with Crippen LogP contribution in [0.4, 0.5) is 13.6 Å². The Kier molecular flexibility index (Phi) is 3.75. The van der Waals surface area contributed by atoms with Crippen molar-refractivity contribution in [3.63, 3.8) is 0 Å². The van der Waals surface area contributed by atoms with Crippen LogP contribution in [0.2, 0.25) is 0 Å². The molecule has 2 rings (SSSR count). The lowest BCUT2D eigenvalue weighted by Crippen LogP contribution is -2.45. The van der Waals surface area contributed by atoms with Crippen molar-refractivity contribution in [3.8, 4) is 0 Å². The Morgan fingerprint density at radius 3 is 2.53 bits per heavy atom. The number of nitrogens with zero attached hydrogens (tertiary/aromatic N) is 1. The van der Waals surface area contributed by atoms with Crippen molar-refractivity contribution in [3.05, 3.63) is 35.4 Å². The van der Waals surface area contributed by atoms with Crippen molar-refractivity contribution in [2.45, 2.75) is 12.5 Å². The summed E-state index contributed by atoms with van der Waals surface area (Å²) in [5, 5.41) is 0. The van der Waals surface area contributed by atoms with Crippen LogP contribution in [0.25, 0.3) is 0 Å². The number of carbonyl (C=O) groups is 2. The molecule has 1 aliphatic rings. The lowest BCUT2D eigenvalue weighted by atomic mass is 10.1. The topological polar surface area (TPSA) is 72.6 Å². The molecular weight excluding hydrogens is 258 g/mol. The molecule has 1 unspecified atom stereocenters. The van der Waals surface area contributed by atoms with Gasteiger partial charge in [-0.1, -0.05) is 0 Å². The van der Waals surface area contributed by atoms with E-state index in [4.69, 9.17) is 5.73 Å². The summed E-state index contributed by atoms with van der Waals surface area (Å²) in [5.41, 5.74) is 5.90. The highest BCUT2D eigenvalue weighted by atomic mass is 19.1. The minimum absolute atomic E-state index is 0.0582. The van der Waals surface area contributed by atoms with Gasteiger partial charge >= 0.3 is 6.09 Å². The van der Waals surface area contributed by atoms with Crippen molar-refractivity contribution >= 4 is 12.0 Å². The number of hydrogen-bond donors (Lipinski definition) is 1. The lowest BCUT2D eigenvalue weighted by molar-refractivity contribution is -0.129. The molecule has 1 fully saturated rings. The first-order valence-electron chi connectivity index (χ1n) is 5.66. The molecule has 0 saturated carbocycles. The van der Waals surface area contributed by atoms with Crippen LogP contribution >= 0.6 is 0 Å². The van der Waals surface area contributed by atoms with Gasteiger partial charge in [-0.2, -0.15) is 0 Å². The number of halogens is 2. The lowest BCUT2D eigenvalue weighted by Gasteiger charge is -2.16. The Morgan fingerprint density at radius 2 is 2.00 bits per heavy atom. The molecule has 7 heteroatoms. The number of amides is 2. The van der Waals surface area contributed by atoms with E-state index in [0.717, 1.165) is 23.1 Å². The molecular formula is C12H12F2N2O3. The smallest absolute Gasteiger partial charge is 0.416 e. The normalized spacial score (nSPS) is 16.4. The molecule has 0 aliphatic carbocycles. The summed E-state index contributed by atoms with van der Waals surface area (Å²) in [7, 11) is 0. The number of imide groups is 1. The third-order valence-corrected chi connectivity index (χ3v) is 2.72. The van der Waals surface area contributed by atoms with Gasteiger partial charge in [0.2, 0.25) is 5.91 Å². The van der Waals surface area contributed by atoms with Crippen molar-refractivity contribution in [1.82, 2.24) is 4.90 Å². The van der Waals surface area contributed by atoms with Crippen LogP contribution in [0.3, 0.4) is 0 Å². The van der Waals surface area contributed by atoms with Crippen LogP contribution in [-0.4, -0.2) is 36.1 Å². The zero-order valence-corrected chi connectivity index (χ0v) is 9.94. The number of cyclic esters (lactones) is 1. The SMILES string of the molecule is NC(Cc1cc(F)cc(F)c1)C(=O)N1CCOC1=O. The van der Waals surface area contributed by atoms with Gasteiger partial charge in [0, 0.05) is 6.07 Å². The summed E-state index contributed by atoms with van der Waals surface area (Å²) in [5.74, 6) is -2.10. The maximum atomic E-state index is 13.0. The largest absolute Gasteiger partial charge is 0.447 e. The fraction of sp³-hybridized carbons (Fsp3) is 0.333. The summed E-state index contributed by atoms with van der Waals surface area (Å²) < 4.78 is 30.6. The molecule has 1 heterocycles. The second-order valence-electron chi connectivity index (χ2n) is 4.19. The van der Waals surface area contributed by atoms with Gasteiger partial charge in [0.25, 0.3) is 0 Å². The standard InChI is InChI=1S/C12H12F2N2O3/c13-8-3-7(4-9(14)6-8)5-10(15)11(17)16-1-2-19-12(16)18/h3-4,6,10H,1-2,5,15H2. The van der Waals surface area contributed by atoms with E-state index in [0.29, 0.717) is 0 Å². The van der Waals surface area contributed by atoms with Gasteiger partial charge in [-0.3, -0.25) is 4.79 Å². The van der Waals surface area contributed by atoms with Crippen molar-refractivity contribution < 1.29 is 23.1 Å². The first-order valence-corrected chi connectivity index (χ1v) is 5.66. The van der Waals surface area contributed by atoms with Crippen molar-refractivity contribution in [1.29, 1.82) is 0 Å². The summed E-state index contributed by atoms with van der Waals surface area (Å²) in [6.07, 6.45) is -0.803. The molecule has 1 aromatic carbocycles. The third kappa shape index (κ3) is 3.05. The van der Waals surface area contributed by atoms with Crippen molar-refractivity contribution in [2.75, 3.05) is 13.2 Å². The van der Waals surface area contributed by atoms with Gasteiger partial charge < -0.3 is 10.5 Å². The van der Waals surface area contributed by atoms with Gasteiger partial charge in [0.1, 0.15) is 18.2 Å². The quantitative estimate of drug-likeness (QED) is 0.882. The third-order valence-electron chi connectivity index (χ3n) is 2.72. The number of rotatable bonds is 3. The zero-order valence-electron chi connectivity index (χ0n) is 9.94. The minimum Gasteiger partial charge on any atom is -0.447 e. The number of benzene rings is 1. The van der Waals surface area contributed by atoms with E-state index in [1.54, 1.807) is 0 Å². The van der Waals surface area contributed by atoms with Gasteiger partial charge in [-0.25, -0.2) is 18.5 Å². The predicted octanol–water partition coefficient (Wildman–Crippen LogP) is 0.813. The first-order chi connectivity index (χ1) is 8.97. The van der Waals surface area contributed by atoms with E-state index in [2.05, 4.69) is 4.74 Å². The Balaban J connectivity index is 2.05. The van der Waals surface area contributed by atoms with Gasteiger partial charge in [-0.15, -0.1) is 0 Å². The van der Waals surface area contributed by atoms with E-state index in [1.165, 1.54) is 0 Å². The Morgan fingerprint density at radius 1 is 1.37 bits per heavy atom. The summed E-state index contributed by atoms with van der Waals surface area (Å²) in [6, 6.07) is 1.87. The predicted molar refractivity (Wildman–Crippen MR) is 61.1 cm³/mol. The molecule has 5 nitrogen and oxygen atoms in total. The van der Waals surface area contributed by atoms with E-state index >= 15 is 0 Å². The molecule has 0 aromatic heterocycles. The van der Waals surface area contributed by atoms with Crippen molar-refractivity contribution in [2.24, 2.45) is 5.73 Å². The Hall–Kier alpha value is -2.02. The summed E-state index contributed by atoms with van der Waals surface area (Å²) in [6.45, 7) is 0.273. The van der Waals surface area contributed by atoms with Crippen LogP contribution < -0.4 is 5.73 Å². The van der Waals surface area contributed by atoms with E-state index in [-0.39, 0.29) is 25.1 Å². The Labute approximate surface area is 107 Å². The number of hydrogen-bond acceptors (Lipinski definition) is 4. The summed E-state index contributed by atoms with van der Waals surface area (Å²) in [4.78, 5) is 23.9. The zero-order chi connectivity index (χ0) is 14.0. The molecule has 1 saturated heterocycles. The summed E-state index contributed by atoms with van der Waals surface area (Å²) >= 11 is 0. The molecule has 2 N–H and O–H groups in total. The monoisotopic (exact) mass is 270 g/mol. The number of nitrogens with two attached hydrogens (primary N) is 1.